The van der Waals surface area contributed by atoms with E-state index < -0.39 is 23.6 Å². The molecule has 7 N–H and O–H groups in total. The number of methoxy groups -OCH3 is 1. The predicted octanol–water partition coefficient (Wildman–Crippen LogP) is 0.548. The lowest BCUT2D eigenvalue weighted by Gasteiger charge is -2.32. The Balaban J connectivity index is 1.38. The average molecular weight is 626 g/mol. The molecular formula is C28H35N9O8. The first-order chi connectivity index (χ1) is 21.4. The highest BCUT2D eigenvalue weighted by molar-refractivity contribution is 6.00. The van der Waals surface area contributed by atoms with Crippen LogP contribution in [-0.2, 0) is 4.79 Å². The van der Waals surface area contributed by atoms with E-state index in [1.165, 1.54) is 13.2 Å². The molecule has 2 saturated carbocycles. The predicted molar refractivity (Wildman–Crippen MR) is 157 cm³/mol. The second-order valence-electron chi connectivity index (χ2n) is 11.2. The van der Waals surface area contributed by atoms with Crippen molar-refractivity contribution in [3.63, 3.8) is 0 Å². The van der Waals surface area contributed by atoms with Gasteiger partial charge in [0.25, 0.3) is 5.91 Å². The Hall–Kier alpha value is -4.71. The second-order valence-corrected chi connectivity index (χ2v) is 11.2. The van der Waals surface area contributed by atoms with Crippen molar-refractivity contribution < 1.29 is 39.0 Å². The number of benzene rings is 1. The van der Waals surface area contributed by atoms with E-state index in [0.717, 1.165) is 38.5 Å². The summed E-state index contributed by atoms with van der Waals surface area (Å²) in [5, 5.41) is 49.5. The minimum absolute atomic E-state index is 0.00177. The van der Waals surface area contributed by atoms with Gasteiger partial charge in [0.1, 0.15) is 0 Å². The zero-order valence-electron chi connectivity index (χ0n) is 24.9. The Bertz CT molecular complexity index is 1560. The largest absolute Gasteiger partial charge is 0.494 e. The maximum Gasteiger partial charge on any atom is 0.369 e. The molecule has 0 spiro atoms. The highest BCUT2D eigenvalue weighted by atomic mass is 16.7. The van der Waals surface area contributed by atoms with Crippen LogP contribution in [0.25, 0.3) is 11.4 Å². The molecule has 2 fully saturated rings. The van der Waals surface area contributed by atoms with Gasteiger partial charge in [-0.2, -0.15) is 4.98 Å². The number of nitrogens with one attached hydrogen (secondary N) is 4. The molecule has 2 aliphatic rings. The number of hydrogen-bond acceptors (Lipinski definition) is 14. The molecule has 45 heavy (non-hydrogen) atoms. The number of rotatable bonds is 11. The van der Waals surface area contributed by atoms with Crippen LogP contribution in [0.2, 0.25) is 0 Å². The van der Waals surface area contributed by atoms with Crippen LogP contribution in [0.4, 0.5) is 17.2 Å². The smallest absolute Gasteiger partial charge is 0.369 e. The van der Waals surface area contributed by atoms with E-state index in [9.17, 15) is 29.7 Å². The summed E-state index contributed by atoms with van der Waals surface area (Å²) < 4.78 is 10.9. The summed E-state index contributed by atoms with van der Waals surface area (Å²) in [6.45, 7) is 0. The van der Waals surface area contributed by atoms with E-state index in [1.807, 2.05) is 14.1 Å². The fourth-order valence-corrected chi connectivity index (χ4v) is 5.09. The first-order valence-corrected chi connectivity index (χ1v) is 14.4. The molecule has 3 amide bonds. The van der Waals surface area contributed by atoms with Gasteiger partial charge in [-0.1, -0.05) is 11.2 Å². The van der Waals surface area contributed by atoms with Gasteiger partial charge in [-0.05, 0) is 64.8 Å². The summed E-state index contributed by atoms with van der Waals surface area (Å²) in [5.41, 5.74) is 0.123. The van der Waals surface area contributed by atoms with Crippen molar-refractivity contribution in [2.24, 2.45) is 5.92 Å². The molecular weight excluding hydrogens is 590 g/mol. The molecule has 17 heteroatoms. The Kier molecular flexibility index (Phi) is 9.24. The van der Waals surface area contributed by atoms with Crippen LogP contribution in [0, 0.1) is 5.92 Å². The van der Waals surface area contributed by atoms with Crippen LogP contribution in [0.15, 0.2) is 28.8 Å². The summed E-state index contributed by atoms with van der Waals surface area (Å²) in [6, 6.07) is 6.65. The van der Waals surface area contributed by atoms with E-state index in [0.29, 0.717) is 11.6 Å². The standard InChI is InChI=1S/C28H35N9O8/c1-37(2)16-11-9-15(10-12-16)29-26(40)27-32-23(36-45-27)17-5-4-6-18(22(17)44-3)30-19-13-20(31-24(38)14-7-8-14)34-35-21(19)25(39)33-28(41,42)43/h4-6,13-16,41-43H,7-12H2,1-3H3,(H,29,40)(H,33,39)(H2,30,31,34,38). The average Bonchev–Trinajstić information content (AvgIpc) is 3.73. The van der Waals surface area contributed by atoms with Gasteiger partial charge < -0.3 is 45.4 Å². The van der Waals surface area contributed by atoms with E-state index in [1.54, 1.807) is 23.5 Å². The number of ether oxygens (including phenoxy) is 1. The Morgan fingerprint density at radius 1 is 1.00 bits per heavy atom. The minimum atomic E-state index is -3.53. The lowest BCUT2D eigenvalue weighted by Crippen LogP contribution is -2.48. The topological polar surface area (TPSA) is 237 Å². The van der Waals surface area contributed by atoms with Crippen LogP contribution in [-0.4, -0.2) is 97.7 Å². The number of anilines is 3. The van der Waals surface area contributed by atoms with Crippen molar-refractivity contribution >= 4 is 34.9 Å². The second kappa shape index (κ2) is 13.1. The number of amides is 3. The van der Waals surface area contributed by atoms with Crippen LogP contribution < -0.4 is 26.0 Å². The van der Waals surface area contributed by atoms with Crippen LogP contribution >= 0.6 is 0 Å². The van der Waals surface area contributed by atoms with E-state index >= 15 is 0 Å². The van der Waals surface area contributed by atoms with Gasteiger partial charge in [-0.15, -0.1) is 10.2 Å². The number of hydrogen-bond donors (Lipinski definition) is 7. The maximum absolute atomic E-state index is 12.9. The molecule has 0 bridgehead atoms. The van der Waals surface area contributed by atoms with Gasteiger partial charge in [0, 0.05) is 24.1 Å². The number of carbonyl (C=O) groups excluding carboxylic acids is 3. The van der Waals surface area contributed by atoms with Crippen molar-refractivity contribution in [2.45, 2.75) is 56.7 Å². The zero-order chi connectivity index (χ0) is 32.3. The Morgan fingerprint density at radius 3 is 2.38 bits per heavy atom. The van der Waals surface area contributed by atoms with Gasteiger partial charge >= 0.3 is 17.9 Å². The SMILES string of the molecule is COc1c(Nc2cc(NC(=O)C3CC3)nnc2C(=O)NC(O)(O)O)cccc1-c1noc(C(=O)NC2CCC(N(C)C)CC2)n1. The molecule has 0 unspecified atom stereocenters. The molecule has 2 aromatic heterocycles. The Labute approximate surface area is 257 Å². The molecule has 0 saturated heterocycles. The Morgan fingerprint density at radius 2 is 1.73 bits per heavy atom. The first-order valence-electron chi connectivity index (χ1n) is 14.4. The number of aromatic nitrogens is 4. The third kappa shape index (κ3) is 7.88. The maximum atomic E-state index is 12.9. The number of para-hydroxylation sites is 1. The molecule has 2 aliphatic carbocycles. The van der Waals surface area contributed by atoms with E-state index in [4.69, 9.17) is 9.26 Å². The van der Waals surface area contributed by atoms with Gasteiger partial charge in [0.2, 0.25) is 11.7 Å². The van der Waals surface area contributed by atoms with Crippen molar-refractivity contribution in [1.82, 2.24) is 35.9 Å². The van der Waals surface area contributed by atoms with Crippen LogP contribution in [0.5, 0.6) is 5.75 Å². The van der Waals surface area contributed by atoms with Gasteiger partial charge in [-0.25, -0.2) is 0 Å². The molecule has 2 heterocycles. The van der Waals surface area contributed by atoms with Crippen molar-refractivity contribution in [1.29, 1.82) is 0 Å². The van der Waals surface area contributed by atoms with E-state index in [-0.39, 0.29) is 52.5 Å². The third-order valence-corrected chi connectivity index (χ3v) is 7.60. The zero-order valence-corrected chi connectivity index (χ0v) is 24.9. The third-order valence-electron chi connectivity index (χ3n) is 7.60. The summed E-state index contributed by atoms with van der Waals surface area (Å²) in [7, 11) is 5.48. The molecule has 0 aliphatic heterocycles. The molecule has 0 radical (unpaired) electrons. The number of carbonyl (C=O) groups is 3. The number of aliphatic hydroxyl groups is 3. The van der Waals surface area contributed by atoms with Gasteiger partial charge in [-0.3, -0.25) is 19.7 Å². The number of nitrogens with zero attached hydrogens (tertiary/aromatic N) is 5. The van der Waals surface area contributed by atoms with Crippen LogP contribution in [0.3, 0.4) is 0 Å². The van der Waals surface area contributed by atoms with Gasteiger partial charge in [0.15, 0.2) is 17.3 Å². The summed E-state index contributed by atoms with van der Waals surface area (Å²) in [4.78, 5) is 44.4. The van der Waals surface area contributed by atoms with E-state index in [2.05, 4.69) is 41.2 Å². The van der Waals surface area contributed by atoms with Gasteiger partial charge in [0.05, 0.1) is 24.0 Å². The van der Waals surface area contributed by atoms with Crippen LogP contribution in [0.1, 0.15) is 59.7 Å². The minimum Gasteiger partial charge on any atom is -0.494 e. The molecule has 240 valence electrons. The lowest BCUT2D eigenvalue weighted by molar-refractivity contribution is -0.323. The monoisotopic (exact) mass is 625 g/mol. The van der Waals surface area contributed by atoms with Crippen molar-refractivity contribution in [3.05, 3.63) is 35.9 Å². The molecule has 3 aromatic rings. The first kappa shape index (κ1) is 31.7. The lowest BCUT2D eigenvalue weighted by atomic mass is 9.90. The van der Waals surface area contributed by atoms with Crippen molar-refractivity contribution in [2.75, 3.05) is 31.8 Å². The highest BCUT2D eigenvalue weighted by Crippen LogP contribution is 2.38. The van der Waals surface area contributed by atoms with Crippen molar-refractivity contribution in [3.8, 4) is 17.1 Å². The summed E-state index contributed by atoms with van der Waals surface area (Å²) >= 11 is 0. The molecule has 0 atom stereocenters. The summed E-state index contributed by atoms with van der Waals surface area (Å²) in [6.07, 6.45) is 1.58. The summed E-state index contributed by atoms with van der Waals surface area (Å²) in [5.74, 6) is -2.01. The quantitative estimate of drug-likeness (QED) is 0.144. The fourth-order valence-electron chi connectivity index (χ4n) is 5.09. The highest BCUT2D eigenvalue weighted by Gasteiger charge is 2.31. The fraction of sp³-hybridized carbons (Fsp3) is 0.464. The normalized spacial score (nSPS) is 18.3. The molecule has 1 aromatic carbocycles. The molecule has 17 nitrogen and oxygen atoms in total. The molecule has 5 rings (SSSR count).